The molecular formula is C14H19N5O2. The maximum Gasteiger partial charge on any atom is 0.269 e. The summed E-state index contributed by atoms with van der Waals surface area (Å²) in [4.78, 5) is 18.2. The average molecular weight is 289 g/mol. The van der Waals surface area contributed by atoms with Crippen LogP contribution >= 0.6 is 0 Å². The van der Waals surface area contributed by atoms with Crippen LogP contribution in [0.2, 0.25) is 0 Å². The van der Waals surface area contributed by atoms with E-state index in [-0.39, 0.29) is 5.56 Å². The van der Waals surface area contributed by atoms with Gasteiger partial charge in [0, 0.05) is 38.7 Å². The second-order valence-corrected chi connectivity index (χ2v) is 4.70. The number of nitrogen functional groups attached to an aromatic ring is 1. The Hall–Kier alpha value is -2.41. The van der Waals surface area contributed by atoms with Crippen LogP contribution in [0.25, 0.3) is 0 Å². The van der Waals surface area contributed by atoms with Gasteiger partial charge >= 0.3 is 0 Å². The molecule has 0 unspecified atom stereocenters. The highest BCUT2D eigenvalue weighted by molar-refractivity contribution is 5.42. The maximum absolute atomic E-state index is 12.1. The largest absolute Gasteiger partial charge is 0.399 e. The molecule has 0 radical (unpaired) electrons. The van der Waals surface area contributed by atoms with Crippen molar-refractivity contribution >= 4 is 11.4 Å². The van der Waals surface area contributed by atoms with Crippen molar-refractivity contribution in [1.29, 1.82) is 0 Å². The second kappa shape index (κ2) is 6.85. The van der Waals surface area contributed by atoms with Gasteiger partial charge < -0.3 is 15.4 Å². The summed E-state index contributed by atoms with van der Waals surface area (Å²) >= 11 is 0. The van der Waals surface area contributed by atoms with Crippen molar-refractivity contribution in [3.63, 3.8) is 0 Å². The second-order valence-electron chi connectivity index (χ2n) is 4.70. The molecule has 2 N–H and O–H groups in total. The summed E-state index contributed by atoms with van der Waals surface area (Å²) in [5.41, 5.74) is 7.59. The lowest BCUT2D eigenvalue weighted by Crippen LogP contribution is -2.28. The van der Waals surface area contributed by atoms with Gasteiger partial charge in [0.05, 0.1) is 30.7 Å². The minimum atomic E-state index is -0.180. The van der Waals surface area contributed by atoms with Gasteiger partial charge in [0.25, 0.3) is 5.56 Å². The molecule has 0 aliphatic carbocycles. The Bertz CT molecular complexity index is 656. The van der Waals surface area contributed by atoms with Crippen LogP contribution < -0.4 is 16.2 Å². The molecule has 7 nitrogen and oxygen atoms in total. The van der Waals surface area contributed by atoms with Gasteiger partial charge in [-0.05, 0) is 12.1 Å². The van der Waals surface area contributed by atoms with Crippen molar-refractivity contribution in [1.82, 2.24) is 14.8 Å². The summed E-state index contributed by atoms with van der Waals surface area (Å²) in [5.74, 6) is 0. The highest BCUT2D eigenvalue weighted by Gasteiger charge is 2.06. The zero-order valence-electron chi connectivity index (χ0n) is 12.2. The lowest BCUT2D eigenvalue weighted by Gasteiger charge is -2.18. The lowest BCUT2D eigenvalue weighted by atomic mass is 10.3. The van der Waals surface area contributed by atoms with Gasteiger partial charge in [0.15, 0.2) is 0 Å². The fraction of sp³-hybridized carbons (Fsp3) is 0.357. The van der Waals surface area contributed by atoms with Crippen LogP contribution in [0, 0.1) is 0 Å². The first-order valence-electron chi connectivity index (χ1n) is 6.58. The predicted octanol–water partition coefficient (Wildman–Crippen LogP) is 0.351. The quantitative estimate of drug-likeness (QED) is 0.826. The normalized spacial score (nSPS) is 10.6. The van der Waals surface area contributed by atoms with E-state index in [1.165, 1.54) is 4.68 Å². The molecule has 112 valence electrons. The highest BCUT2D eigenvalue weighted by Crippen LogP contribution is 2.07. The summed E-state index contributed by atoms with van der Waals surface area (Å²) in [6.07, 6.45) is 3.27. The van der Waals surface area contributed by atoms with Crippen LogP contribution in [0.5, 0.6) is 0 Å². The van der Waals surface area contributed by atoms with Gasteiger partial charge in [0.1, 0.15) is 0 Å². The molecule has 2 aromatic rings. The zero-order valence-corrected chi connectivity index (χ0v) is 12.2. The number of nitrogens with zero attached hydrogens (tertiary/aromatic N) is 4. The lowest BCUT2D eigenvalue weighted by molar-refractivity contribution is 0.206. The molecule has 2 heterocycles. The van der Waals surface area contributed by atoms with Gasteiger partial charge in [-0.2, -0.15) is 5.10 Å². The molecule has 0 saturated heterocycles. The molecule has 21 heavy (non-hydrogen) atoms. The van der Waals surface area contributed by atoms with Crippen molar-refractivity contribution in [2.24, 2.45) is 0 Å². The van der Waals surface area contributed by atoms with Gasteiger partial charge in [-0.1, -0.05) is 0 Å². The maximum atomic E-state index is 12.1. The van der Waals surface area contributed by atoms with E-state index >= 15 is 0 Å². The minimum absolute atomic E-state index is 0.180. The molecule has 0 bridgehead atoms. The number of aromatic nitrogens is 3. The van der Waals surface area contributed by atoms with Crippen molar-refractivity contribution in [2.75, 3.05) is 37.9 Å². The van der Waals surface area contributed by atoms with Gasteiger partial charge in [-0.25, -0.2) is 4.68 Å². The molecule has 0 saturated carbocycles. The molecule has 0 amide bonds. The van der Waals surface area contributed by atoms with Gasteiger partial charge in [-0.3, -0.25) is 9.78 Å². The third kappa shape index (κ3) is 4.03. The zero-order chi connectivity index (χ0) is 15.2. The van der Waals surface area contributed by atoms with E-state index in [0.717, 1.165) is 5.69 Å². The van der Waals surface area contributed by atoms with E-state index in [9.17, 15) is 4.79 Å². The fourth-order valence-corrected chi connectivity index (χ4v) is 1.85. The van der Waals surface area contributed by atoms with E-state index < -0.39 is 0 Å². The van der Waals surface area contributed by atoms with Crippen LogP contribution in [-0.4, -0.2) is 42.1 Å². The van der Waals surface area contributed by atoms with Crippen molar-refractivity contribution in [3.05, 3.63) is 46.6 Å². The summed E-state index contributed by atoms with van der Waals surface area (Å²) < 4.78 is 6.37. The summed E-state index contributed by atoms with van der Waals surface area (Å²) in [6.45, 7) is 1.58. The molecular weight excluding hydrogens is 270 g/mol. The Balaban J connectivity index is 2.14. The number of anilines is 2. The van der Waals surface area contributed by atoms with E-state index in [1.807, 2.05) is 11.9 Å². The molecule has 0 aliphatic heterocycles. The Morgan fingerprint density at radius 2 is 2.24 bits per heavy atom. The number of methoxy groups -OCH3 is 1. The van der Waals surface area contributed by atoms with Crippen LogP contribution in [0.15, 0.2) is 35.4 Å². The monoisotopic (exact) mass is 289 g/mol. The first-order chi connectivity index (χ1) is 10.1. The molecule has 0 fully saturated rings. The number of nitrogens with two attached hydrogens (primary N) is 1. The summed E-state index contributed by atoms with van der Waals surface area (Å²) in [5, 5.41) is 4.17. The smallest absolute Gasteiger partial charge is 0.269 e. The third-order valence-electron chi connectivity index (χ3n) is 3.08. The Morgan fingerprint density at radius 1 is 1.43 bits per heavy atom. The van der Waals surface area contributed by atoms with E-state index in [2.05, 4.69) is 10.1 Å². The number of likely N-dealkylation sites (N-methyl/N-ethyl adjacent to an activating group) is 1. The van der Waals surface area contributed by atoms with Gasteiger partial charge in [0.2, 0.25) is 0 Å². The van der Waals surface area contributed by atoms with E-state index in [4.69, 9.17) is 10.5 Å². The molecule has 0 aromatic carbocycles. The van der Waals surface area contributed by atoms with Crippen LogP contribution in [0.3, 0.4) is 0 Å². The molecule has 0 spiro atoms. The van der Waals surface area contributed by atoms with Crippen molar-refractivity contribution < 1.29 is 4.74 Å². The number of ether oxygens (including phenoxy) is 1. The Labute approximate surface area is 123 Å². The van der Waals surface area contributed by atoms with E-state index in [1.54, 1.807) is 37.7 Å². The summed E-state index contributed by atoms with van der Waals surface area (Å²) in [6, 6.07) is 4.98. The Kier molecular flexibility index (Phi) is 4.89. The first kappa shape index (κ1) is 15.0. The molecule has 7 heteroatoms. The molecule has 2 aromatic heterocycles. The predicted molar refractivity (Wildman–Crippen MR) is 81.4 cm³/mol. The highest BCUT2D eigenvalue weighted by atomic mass is 16.5. The number of rotatable bonds is 6. The number of hydrogen-bond donors (Lipinski definition) is 1. The van der Waals surface area contributed by atoms with Crippen LogP contribution in [-0.2, 0) is 11.3 Å². The van der Waals surface area contributed by atoms with Crippen LogP contribution in [0.1, 0.15) is 5.69 Å². The molecule has 0 aliphatic rings. The third-order valence-corrected chi connectivity index (χ3v) is 3.08. The SMILES string of the molecule is COCCN(C)c1cnn(Cc2cc(N)ccn2)c(=O)c1. The Morgan fingerprint density at radius 3 is 2.90 bits per heavy atom. The van der Waals surface area contributed by atoms with E-state index in [0.29, 0.717) is 31.1 Å². The minimum Gasteiger partial charge on any atom is -0.399 e. The molecule has 2 rings (SSSR count). The fourth-order valence-electron chi connectivity index (χ4n) is 1.85. The number of pyridine rings is 1. The van der Waals surface area contributed by atoms with Gasteiger partial charge in [-0.15, -0.1) is 0 Å². The first-order valence-corrected chi connectivity index (χ1v) is 6.58. The topological polar surface area (TPSA) is 86.3 Å². The van der Waals surface area contributed by atoms with Crippen LogP contribution in [0.4, 0.5) is 11.4 Å². The molecule has 0 atom stereocenters. The van der Waals surface area contributed by atoms with Crippen molar-refractivity contribution in [3.8, 4) is 0 Å². The number of hydrogen-bond acceptors (Lipinski definition) is 6. The van der Waals surface area contributed by atoms with Crippen molar-refractivity contribution in [2.45, 2.75) is 6.54 Å². The average Bonchev–Trinajstić information content (AvgIpc) is 2.47. The standard InChI is InChI=1S/C14H19N5O2/c1-18(5-6-21-2)13-8-14(20)19(17-9-13)10-12-7-11(15)3-4-16-12/h3-4,7-9H,5-6,10H2,1-2H3,(H2,15,16). The summed E-state index contributed by atoms with van der Waals surface area (Å²) in [7, 11) is 3.53.